The molecule has 2 aromatic rings. The van der Waals surface area contributed by atoms with Crippen molar-refractivity contribution in [2.24, 2.45) is 0 Å². The molecule has 0 atom stereocenters. The Morgan fingerprint density at radius 1 is 1.11 bits per heavy atom. The molecule has 0 fully saturated rings. The highest BCUT2D eigenvalue weighted by molar-refractivity contribution is 6.30. The molecule has 18 heavy (non-hydrogen) atoms. The van der Waals surface area contributed by atoms with Gasteiger partial charge < -0.3 is 0 Å². The van der Waals surface area contributed by atoms with Crippen LogP contribution in [0.2, 0.25) is 5.02 Å². The number of aromatic nitrogens is 2. The van der Waals surface area contributed by atoms with Gasteiger partial charge >= 0.3 is 0 Å². The predicted molar refractivity (Wildman–Crippen MR) is 75.4 cm³/mol. The molecule has 90 valence electrons. The third kappa shape index (κ3) is 2.12. The number of rotatable bonds is 2. The highest BCUT2D eigenvalue weighted by Gasteiger charge is 2.11. The van der Waals surface area contributed by atoms with Crippen molar-refractivity contribution in [1.29, 1.82) is 0 Å². The fourth-order valence-electron chi connectivity index (χ4n) is 2.15. The Hall–Kier alpha value is -1.80. The van der Waals surface area contributed by atoms with Crippen LogP contribution in [-0.4, -0.2) is 10.2 Å². The van der Waals surface area contributed by atoms with Crippen molar-refractivity contribution in [2.45, 2.75) is 12.8 Å². The average molecular weight is 257 g/mol. The lowest BCUT2D eigenvalue weighted by molar-refractivity contribution is 1.04. The van der Waals surface area contributed by atoms with Gasteiger partial charge in [-0.3, -0.25) is 5.10 Å². The van der Waals surface area contributed by atoms with Gasteiger partial charge in [-0.25, -0.2) is 0 Å². The van der Waals surface area contributed by atoms with Crippen LogP contribution in [0.15, 0.2) is 48.7 Å². The maximum atomic E-state index is 5.91. The molecule has 0 unspecified atom stereocenters. The van der Waals surface area contributed by atoms with Crippen molar-refractivity contribution in [3.63, 3.8) is 0 Å². The first-order valence-corrected chi connectivity index (χ1v) is 6.39. The quantitative estimate of drug-likeness (QED) is 0.844. The molecule has 2 nitrogen and oxygen atoms in total. The molecule has 0 aliphatic heterocycles. The summed E-state index contributed by atoms with van der Waals surface area (Å²) in [6, 6.07) is 7.77. The van der Waals surface area contributed by atoms with E-state index in [2.05, 4.69) is 28.4 Å². The Labute approximate surface area is 111 Å². The maximum Gasteiger partial charge on any atom is 0.0998 e. The van der Waals surface area contributed by atoms with Gasteiger partial charge in [0.2, 0.25) is 0 Å². The summed E-state index contributed by atoms with van der Waals surface area (Å²) in [6.07, 6.45) is 10.8. The number of aromatic amines is 1. The van der Waals surface area contributed by atoms with Crippen LogP contribution < -0.4 is 0 Å². The molecule has 0 saturated carbocycles. The fourth-order valence-corrected chi connectivity index (χ4v) is 2.28. The minimum absolute atomic E-state index is 0.743. The fraction of sp³-hybridized carbons (Fsp3) is 0.133. The van der Waals surface area contributed by atoms with Crippen molar-refractivity contribution in [1.82, 2.24) is 10.2 Å². The Balaban J connectivity index is 2.03. The second kappa shape index (κ2) is 4.83. The zero-order valence-electron chi connectivity index (χ0n) is 9.86. The Bertz CT molecular complexity index is 606. The number of benzene rings is 1. The van der Waals surface area contributed by atoms with E-state index in [1.165, 1.54) is 5.57 Å². The summed E-state index contributed by atoms with van der Waals surface area (Å²) >= 11 is 5.91. The van der Waals surface area contributed by atoms with Crippen molar-refractivity contribution < 1.29 is 0 Å². The van der Waals surface area contributed by atoms with Crippen molar-refractivity contribution >= 4 is 17.2 Å². The van der Waals surface area contributed by atoms with Crippen LogP contribution in [0, 0.1) is 0 Å². The zero-order chi connectivity index (χ0) is 12.4. The molecule has 1 aromatic carbocycles. The predicted octanol–water partition coefficient (Wildman–Crippen LogP) is 4.46. The van der Waals surface area contributed by atoms with E-state index in [1.807, 2.05) is 30.5 Å². The SMILES string of the molecule is Clc1ccc(-c2n[nH]cc2C2=CCCC=C2)cc1. The summed E-state index contributed by atoms with van der Waals surface area (Å²) in [4.78, 5) is 0. The number of hydrogen-bond acceptors (Lipinski definition) is 1. The van der Waals surface area contributed by atoms with Crippen molar-refractivity contribution in [3.05, 3.63) is 59.3 Å². The largest absolute Gasteiger partial charge is 0.284 e. The number of halogens is 1. The molecule has 1 aliphatic carbocycles. The molecule has 1 aliphatic rings. The van der Waals surface area contributed by atoms with E-state index in [4.69, 9.17) is 11.6 Å². The topological polar surface area (TPSA) is 28.7 Å². The highest BCUT2D eigenvalue weighted by Crippen LogP contribution is 2.30. The van der Waals surface area contributed by atoms with Crippen LogP contribution >= 0.6 is 11.6 Å². The second-order valence-electron chi connectivity index (χ2n) is 4.29. The number of hydrogen-bond donors (Lipinski definition) is 1. The average Bonchev–Trinajstić information content (AvgIpc) is 2.90. The molecule has 3 heteroatoms. The summed E-state index contributed by atoms with van der Waals surface area (Å²) in [5.41, 5.74) is 4.44. The lowest BCUT2D eigenvalue weighted by Crippen LogP contribution is -1.88. The molecule has 1 aromatic heterocycles. The third-order valence-electron chi connectivity index (χ3n) is 3.06. The number of allylic oxidation sites excluding steroid dienone is 4. The van der Waals surface area contributed by atoms with Gasteiger partial charge in [-0.05, 0) is 30.5 Å². The second-order valence-corrected chi connectivity index (χ2v) is 4.73. The third-order valence-corrected chi connectivity index (χ3v) is 3.32. The highest BCUT2D eigenvalue weighted by atomic mass is 35.5. The zero-order valence-corrected chi connectivity index (χ0v) is 10.6. The normalized spacial score (nSPS) is 14.6. The van der Waals surface area contributed by atoms with Crippen molar-refractivity contribution in [3.8, 4) is 11.3 Å². The lowest BCUT2D eigenvalue weighted by atomic mass is 9.97. The van der Waals surface area contributed by atoms with E-state index in [0.717, 1.165) is 34.7 Å². The van der Waals surface area contributed by atoms with Gasteiger partial charge in [-0.15, -0.1) is 0 Å². The van der Waals surface area contributed by atoms with Gasteiger partial charge in [0.1, 0.15) is 0 Å². The molecule has 0 saturated heterocycles. The number of nitrogens with one attached hydrogen (secondary N) is 1. The molecule has 0 spiro atoms. The van der Waals surface area contributed by atoms with E-state index in [1.54, 1.807) is 0 Å². The summed E-state index contributed by atoms with van der Waals surface area (Å²) < 4.78 is 0. The van der Waals surface area contributed by atoms with Crippen LogP contribution in [-0.2, 0) is 0 Å². The first-order valence-electron chi connectivity index (χ1n) is 6.01. The summed E-state index contributed by atoms with van der Waals surface area (Å²) in [6.45, 7) is 0. The first kappa shape index (κ1) is 11.3. The van der Waals surface area contributed by atoms with Gasteiger partial charge in [0.05, 0.1) is 5.69 Å². The standard InChI is InChI=1S/C15H13ClN2/c16-13-8-6-12(7-9-13)15-14(10-17-18-15)11-4-2-1-3-5-11/h2,4-10H,1,3H2,(H,17,18). The van der Waals surface area contributed by atoms with Crippen LogP contribution in [0.4, 0.5) is 0 Å². The van der Waals surface area contributed by atoms with Gasteiger partial charge in [0.15, 0.2) is 0 Å². The minimum atomic E-state index is 0.743. The van der Waals surface area contributed by atoms with Crippen LogP contribution in [0.1, 0.15) is 18.4 Å². The van der Waals surface area contributed by atoms with Crippen LogP contribution in [0.5, 0.6) is 0 Å². The van der Waals surface area contributed by atoms with Gasteiger partial charge in [-0.2, -0.15) is 5.10 Å². The van der Waals surface area contributed by atoms with Crippen molar-refractivity contribution in [2.75, 3.05) is 0 Å². The molecule has 0 bridgehead atoms. The molecule has 1 N–H and O–H groups in total. The molecule has 0 radical (unpaired) electrons. The van der Waals surface area contributed by atoms with Gasteiger partial charge in [-0.1, -0.05) is 42.0 Å². The lowest BCUT2D eigenvalue weighted by Gasteiger charge is -2.07. The first-order chi connectivity index (χ1) is 8.84. The number of nitrogens with zero attached hydrogens (tertiary/aromatic N) is 1. The molecular formula is C15H13ClN2. The monoisotopic (exact) mass is 256 g/mol. The summed E-state index contributed by atoms with van der Waals surface area (Å²) in [7, 11) is 0. The maximum absolute atomic E-state index is 5.91. The van der Waals surface area contributed by atoms with Crippen LogP contribution in [0.3, 0.4) is 0 Å². The minimum Gasteiger partial charge on any atom is -0.284 e. The van der Waals surface area contributed by atoms with Crippen LogP contribution in [0.25, 0.3) is 16.8 Å². The molecule has 0 amide bonds. The van der Waals surface area contributed by atoms with E-state index < -0.39 is 0 Å². The van der Waals surface area contributed by atoms with E-state index in [9.17, 15) is 0 Å². The molecular weight excluding hydrogens is 244 g/mol. The van der Waals surface area contributed by atoms with E-state index in [-0.39, 0.29) is 0 Å². The van der Waals surface area contributed by atoms with Gasteiger partial charge in [0, 0.05) is 22.3 Å². The Kier molecular flexibility index (Phi) is 3.03. The van der Waals surface area contributed by atoms with Gasteiger partial charge in [0.25, 0.3) is 0 Å². The number of H-pyrrole nitrogens is 1. The summed E-state index contributed by atoms with van der Waals surface area (Å²) in [5.74, 6) is 0. The van der Waals surface area contributed by atoms with E-state index in [0.29, 0.717) is 0 Å². The Morgan fingerprint density at radius 2 is 1.94 bits per heavy atom. The molecule has 1 heterocycles. The molecule has 3 rings (SSSR count). The Morgan fingerprint density at radius 3 is 2.67 bits per heavy atom. The smallest absolute Gasteiger partial charge is 0.0998 e. The summed E-state index contributed by atoms with van der Waals surface area (Å²) in [5, 5.41) is 8.04. The van der Waals surface area contributed by atoms with E-state index >= 15 is 0 Å².